The number of hydrogen-bond acceptors (Lipinski definition) is 4. The second-order valence-corrected chi connectivity index (χ2v) is 4.43. The summed E-state index contributed by atoms with van der Waals surface area (Å²) in [7, 11) is 2.08. The lowest BCUT2D eigenvalue weighted by Crippen LogP contribution is -2.33. The van der Waals surface area contributed by atoms with Crippen molar-refractivity contribution >= 4 is 28.1 Å². The maximum absolute atomic E-state index is 5.77. The quantitative estimate of drug-likeness (QED) is 0.816. The van der Waals surface area contributed by atoms with Crippen LogP contribution in [0.4, 0.5) is 5.13 Å². The van der Waals surface area contributed by atoms with Crippen LogP contribution in [0, 0.1) is 0 Å². The van der Waals surface area contributed by atoms with Crippen LogP contribution in [-0.2, 0) is 0 Å². The molecule has 72 valence electrons. The van der Waals surface area contributed by atoms with Gasteiger partial charge >= 0.3 is 0 Å². The van der Waals surface area contributed by atoms with Gasteiger partial charge in [-0.2, -0.15) is 0 Å². The number of halogens is 1. The lowest BCUT2D eigenvalue weighted by atomic mass is 10.2. The van der Waals surface area contributed by atoms with Gasteiger partial charge in [0.1, 0.15) is 5.15 Å². The average Bonchev–Trinajstić information content (AvgIpc) is 2.72. The molecule has 1 aliphatic rings. The van der Waals surface area contributed by atoms with E-state index in [9.17, 15) is 0 Å². The Bertz CT molecular complexity index is 283. The molecule has 1 aromatic heterocycles. The van der Waals surface area contributed by atoms with Crippen molar-refractivity contribution in [1.29, 1.82) is 0 Å². The van der Waals surface area contributed by atoms with E-state index in [0.29, 0.717) is 11.2 Å². The van der Waals surface area contributed by atoms with Gasteiger partial charge in [0.2, 0.25) is 0 Å². The number of rotatable bonds is 2. The van der Waals surface area contributed by atoms with Crippen LogP contribution in [0.25, 0.3) is 0 Å². The number of nitrogens with one attached hydrogen (secondary N) is 1. The molecule has 0 bridgehead atoms. The minimum atomic E-state index is 0.571. The summed E-state index contributed by atoms with van der Waals surface area (Å²) in [4.78, 5) is 6.44. The Kier molecular flexibility index (Phi) is 2.71. The third kappa shape index (κ3) is 1.95. The number of hydrogen-bond donors (Lipinski definition) is 1. The van der Waals surface area contributed by atoms with Crippen LogP contribution in [0.15, 0.2) is 5.38 Å². The van der Waals surface area contributed by atoms with Crippen molar-refractivity contribution in [3.05, 3.63) is 10.5 Å². The molecule has 1 aliphatic heterocycles. The van der Waals surface area contributed by atoms with Crippen molar-refractivity contribution in [3.8, 4) is 0 Å². The van der Waals surface area contributed by atoms with Crippen molar-refractivity contribution in [2.75, 3.05) is 25.0 Å². The Hall–Kier alpha value is -0.320. The monoisotopic (exact) mass is 217 g/mol. The van der Waals surface area contributed by atoms with E-state index in [-0.39, 0.29) is 0 Å². The highest BCUT2D eigenvalue weighted by molar-refractivity contribution is 7.14. The predicted molar refractivity (Wildman–Crippen MR) is 56.8 cm³/mol. The van der Waals surface area contributed by atoms with Crippen molar-refractivity contribution in [2.45, 2.75) is 12.5 Å². The molecule has 1 fully saturated rings. The molecule has 0 aliphatic carbocycles. The Morgan fingerprint density at radius 1 is 1.77 bits per heavy atom. The lowest BCUT2D eigenvalue weighted by molar-refractivity contribution is 0.684. The van der Waals surface area contributed by atoms with Gasteiger partial charge in [-0.25, -0.2) is 4.98 Å². The van der Waals surface area contributed by atoms with Gasteiger partial charge in [0.25, 0.3) is 0 Å². The first-order valence-electron chi connectivity index (χ1n) is 4.32. The van der Waals surface area contributed by atoms with E-state index < -0.39 is 0 Å². The van der Waals surface area contributed by atoms with Crippen LogP contribution < -0.4 is 10.2 Å². The van der Waals surface area contributed by atoms with Crippen molar-refractivity contribution < 1.29 is 0 Å². The zero-order valence-electron chi connectivity index (χ0n) is 7.46. The zero-order valence-corrected chi connectivity index (χ0v) is 9.03. The molecule has 1 aromatic rings. The van der Waals surface area contributed by atoms with Crippen LogP contribution in [0.5, 0.6) is 0 Å². The molecular weight excluding hydrogens is 206 g/mol. The third-order valence-electron chi connectivity index (χ3n) is 2.35. The third-order valence-corrected chi connectivity index (χ3v) is 3.60. The Morgan fingerprint density at radius 3 is 3.15 bits per heavy atom. The molecule has 0 aromatic carbocycles. The first kappa shape index (κ1) is 9.24. The fraction of sp³-hybridized carbons (Fsp3) is 0.625. The molecule has 2 heterocycles. The largest absolute Gasteiger partial charge is 0.347 e. The number of nitrogens with zero attached hydrogens (tertiary/aromatic N) is 2. The van der Waals surface area contributed by atoms with E-state index in [1.54, 1.807) is 11.3 Å². The van der Waals surface area contributed by atoms with Gasteiger partial charge in [0, 0.05) is 25.0 Å². The zero-order chi connectivity index (χ0) is 9.26. The van der Waals surface area contributed by atoms with E-state index in [1.807, 2.05) is 5.38 Å². The molecule has 2 rings (SSSR count). The van der Waals surface area contributed by atoms with Gasteiger partial charge in [0.15, 0.2) is 5.13 Å². The number of thiazole rings is 1. The van der Waals surface area contributed by atoms with Crippen LogP contribution in [0.1, 0.15) is 6.42 Å². The lowest BCUT2D eigenvalue weighted by Gasteiger charge is -2.22. The normalized spacial score (nSPS) is 22.2. The summed E-state index contributed by atoms with van der Waals surface area (Å²) in [5.41, 5.74) is 0. The van der Waals surface area contributed by atoms with Crippen LogP contribution >= 0.6 is 22.9 Å². The van der Waals surface area contributed by atoms with E-state index in [2.05, 4.69) is 22.2 Å². The van der Waals surface area contributed by atoms with E-state index in [1.165, 1.54) is 6.42 Å². The molecule has 0 spiro atoms. The van der Waals surface area contributed by atoms with Crippen molar-refractivity contribution in [1.82, 2.24) is 10.3 Å². The van der Waals surface area contributed by atoms with Gasteiger partial charge in [-0.15, -0.1) is 11.3 Å². The van der Waals surface area contributed by atoms with Gasteiger partial charge in [-0.3, -0.25) is 0 Å². The molecular formula is C8H12ClN3S. The fourth-order valence-corrected chi connectivity index (χ4v) is 2.52. The first-order valence-corrected chi connectivity index (χ1v) is 5.57. The first-order chi connectivity index (χ1) is 6.27. The Morgan fingerprint density at radius 2 is 2.62 bits per heavy atom. The Balaban J connectivity index is 2.07. The van der Waals surface area contributed by atoms with Crippen LogP contribution in [0.2, 0.25) is 5.15 Å². The molecule has 1 saturated heterocycles. The second-order valence-electron chi connectivity index (χ2n) is 3.21. The molecule has 1 atom stereocenters. The summed E-state index contributed by atoms with van der Waals surface area (Å²) in [5, 5.41) is 6.81. The topological polar surface area (TPSA) is 28.2 Å². The van der Waals surface area contributed by atoms with E-state index in [0.717, 1.165) is 18.2 Å². The minimum Gasteiger partial charge on any atom is -0.347 e. The van der Waals surface area contributed by atoms with Crippen molar-refractivity contribution in [2.24, 2.45) is 0 Å². The average molecular weight is 218 g/mol. The van der Waals surface area contributed by atoms with E-state index >= 15 is 0 Å². The number of aromatic nitrogens is 1. The molecule has 5 heteroatoms. The second kappa shape index (κ2) is 3.82. The predicted octanol–water partition coefficient (Wildman–Crippen LogP) is 1.59. The number of likely N-dealkylation sites (N-methyl/N-ethyl adjacent to an activating group) is 1. The molecule has 1 unspecified atom stereocenters. The van der Waals surface area contributed by atoms with Crippen molar-refractivity contribution in [3.63, 3.8) is 0 Å². The Labute approximate surface area is 86.7 Å². The van der Waals surface area contributed by atoms with Gasteiger partial charge in [0.05, 0.1) is 0 Å². The summed E-state index contributed by atoms with van der Waals surface area (Å²) >= 11 is 7.37. The molecule has 0 radical (unpaired) electrons. The maximum Gasteiger partial charge on any atom is 0.186 e. The maximum atomic E-state index is 5.77. The van der Waals surface area contributed by atoms with Crippen LogP contribution in [-0.4, -0.2) is 31.2 Å². The summed E-state index contributed by atoms with van der Waals surface area (Å²) in [5.74, 6) is 0. The highest BCUT2D eigenvalue weighted by atomic mass is 35.5. The summed E-state index contributed by atoms with van der Waals surface area (Å²) in [6, 6.07) is 0.571. The fourth-order valence-electron chi connectivity index (χ4n) is 1.53. The molecule has 0 saturated carbocycles. The number of anilines is 1. The van der Waals surface area contributed by atoms with Gasteiger partial charge < -0.3 is 10.2 Å². The minimum absolute atomic E-state index is 0.571. The highest BCUT2D eigenvalue weighted by Crippen LogP contribution is 2.24. The van der Waals surface area contributed by atoms with Crippen LogP contribution in [0.3, 0.4) is 0 Å². The molecule has 1 N–H and O–H groups in total. The van der Waals surface area contributed by atoms with Gasteiger partial charge in [-0.05, 0) is 13.0 Å². The smallest absolute Gasteiger partial charge is 0.186 e. The summed E-state index contributed by atoms with van der Waals surface area (Å²) in [6.45, 7) is 2.15. The summed E-state index contributed by atoms with van der Waals surface area (Å²) in [6.07, 6.45) is 1.19. The summed E-state index contributed by atoms with van der Waals surface area (Å²) < 4.78 is 0. The standard InChI is InChI=1S/C8H12ClN3S/c1-12(6-2-3-10-4-6)8-11-7(9)5-13-8/h5-6,10H,2-4H2,1H3. The van der Waals surface area contributed by atoms with Gasteiger partial charge in [-0.1, -0.05) is 11.6 Å². The molecule has 3 nitrogen and oxygen atoms in total. The van der Waals surface area contributed by atoms with E-state index in [4.69, 9.17) is 11.6 Å². The molecule has 0 amide bonds. The SMILES string of the molecule is CN(c1nc(Cl)cs1)C1CCNC1. The molecule has 13 heavy (non-hydrogen) atoms. The highest BCUT2D eigenvalue weighted by Gasteiger charge is 2.21.